The van der Waals surface area contributed by atoms with Gasteiger partial charge >= 0.3 is 11.7 Å². The van der Waals surface area contributed by atoms with Crippen LogP contribution in [0.15, 0.2) is 10.5 Å². The quantitative estimate of drug-likeness (QED) is 0.318. The van der Waals surface area contributed by atoms with Crippen LogP contribution in [0.4, 0.5) is 5.69 Å². The molecule has 0 aromatic heterocycles. The molecule has 0 saturated heterocycles. The molecule has 0 spiro atoms. The van der Waals surface area contributed by atoms with Crippen molar-refractivity contribution < 1.29 is 38.1 Å². The number of fused-ring (bicyclic) bond motifs is 3. The SMILES string of the molecule is COc1c(Br)c2c(c([N+](=O)[O-])c1OC)C(=O)OC2C1c2c(cc3c(c2OC)OCO3)CCN1C. The van der Waals surface area contributed by atoms with E-state index in [1.165, 1.54) is 21.3 Å². The van der Waals surface area contributed by atoms with Crippen molar-refractivity contribution in [3.63, 3.8) is 0 Å². The maximum absolute atomic E-state index is 13.1. The minimum absolute atomic E-state index is 0.0745. The third-order valence-corrected chi connectivity index (χ3v) is 7.20. The van der Waals surface area contributed by atoms with Crippen LogP contribution in [0.3, 0.4) is 0 Å². The Hall–Kier alpha value is -3.25. The van der Waals surface area contributed by atoms with E-state index in [1.807, 2.05) is 18.0 Å². The highest BCUT2D eigenvalue weighted by Gasteiger charge is 2.50. The lowest BCUT2D eigenvalue weighted by molar-refractivity contribution is -0.386. The van der Waals surface area contributed by atoms with Crippen molar-refractivity contribution in [3.05, 3.63) is 42.9 Å². The Bertz CT molecular complexity index is 1230. The fourth-order valence-electron chi connectivity index (χ4n) is 5.01. The van der Waals surface area contributed by atoms with Gasteiger partial charge in [-0.1, -0.05) is 0 Å². The number of rotatable bonds is 5. The number of carbonyl (C=O) groups excluding carboxylic acids is 1. The summed E-state index contributed by atoms with van der Waals surface area (Å²) in [6, 6.07) is 1.39. The molecule has 34 heavy (non-hydrogen) atoms. The summed E-state index contributed by atoms with van der Waals surface area (Å²) in [6.07, 6.45) is -0.190. The zero-order valence-electron chi connectivity index (χ0n) is 18.8. The number of hydrogen-bond donors (Lipinski definition) is 0. The molecule has 3 aliphatic rings. The molecule has 0 bridgehead atoms. The number of esters is 1. The van der Waals surface area contributed by atoms with E-state index in [4.69, 9.17) is 28.4 Å². The Kier molecular flexibility index (Phi) is 5.44. The summed E-state index contributed by atoms with van der Waals surface area (Å²) in [5.41, 5.74) is 1.38. The second-order valence-corrected chi connectivity index (χ2v) is 8.79. The van der Waals surface area contributed by atoms with Crippen LogP contribution in [0.2, 0.25) is 0 Å². The molecular formula is C22H21BrN2O9. The minimum atomic E-state index is -0.895. The van der Waals surface area contributed by atoms with Gasteiger partial charge < -0.3 is 28.4 Å². The third-order valence-electron chi connectivity index (χ3n) is 6.42. The Morgan fingerprint density at radius 2 is 1.82 bits per heavy atom. The summed E-state index contributed by atoms with van der Waals surface area (Å²) in [5, 5.41) is 12.0. The van der Waals surface area contributed by atoms with Gasteiger partial charge in [-0.15, -0.1) is 0 Å². The molecule has 0 saturated carbocycles. The molecule has 0 fully saturated rings. The van der Waals surface area contributed by atoms with E-state index in [0.29, 0.717) is 40.3 Å². The van der Waals surface area contributed by atoms with Gasteiger partial charge in [0.15, 0.2) is 17.2 Å². The van der Waals surface area contributed by atoms with E-state index >= 15 is 0 Å². The molecular weight excluding hydrogens is 516 g/mol. The number of halogens is 1. The molecule has 11 nitrogen and oxygen atoms in total. The van der Waals surface area contributed by atoms with Gasteiger partial charge in [-0.3, -0.25) is 15.0 Å². The second-order valence-electron chi connectivity index (χ2n) is 7.99. The zero-order valence-corrected chi connectivity index (χ0v) is 20.4. The first-order chi connectivity index (χ1) is 16.3. The summed E-state index contributed by atoms with van der Waals surface area (Å²) in [5.74, 6) is 0.682. The molecule has 5 rings (SSSR count). The summed E-state index contributed by atoms with van der Waals surface area (Å²) in [7, 11) is 6.08. The number of nitro groups is 1. The van der Waals surface area contributed by atoms with Crippen LogP contribution >= 0.6 is 15.9 Å². The molecule has 0 N–H and O–H groups in total. The number of nitro benzene ring substituents is 1. The number of ether oxygens (including phenoxy) is 6. The van der Waals surface area contributed by atoms with Crippen LogP contribution < -0.4 is 23.7 Å². The predicted octanol–water partition coefficient (Wildman–Crippen LogP) is 3.55. The van der Waals surface area contributed by atoms with Gasteiger partial charge in [0.25, 0.3) is 0 Å². The lowest BCUT2D eigenvalue weighted by atomic mass is 9.85. The summed E-state index contributed by atoms with van der Waals surface area (Å²) in [4.78, 5) is 26.5. The van der Waals surface area contributed by atoms with Gasteiger partial charge in [0.05, 0.1) is 36.8 Å². The lowest BCUT2D eigenvalue weighted by Gasteiger charge is -2.38. The van der Waals surface area contributed by atoms with Crippen molar-refractivity contribution >= 4 is 27.6 Å². The monoisotopic (exact) mass is 536 g/mol. The fourth-order valence-corrected chi connectivity index (χ4v) is 5.77. The van der Waals surface area contributed by atoms with Crippen molar-refractivity contribution in [1.82, 2.24) is 4.90 Å². The molecule has 3 aliphatic heterocycles. The Balaban J connectivity index is 1.78. The molecule has 2 unspecified atom stereocenters. The molecule has 180 valence electrons. The van der Waals surface area contributed by atoms with Gasteiger partial charge in [0.1, 0.15) is 11.7 Å². The summed E-state index contributed by atoms with van der Waals surface area (Å²) in [6.45, 7) is 0.724. The summed E-state index contributed by atoms with van der Waals surface area (Å²) < 4.78 is 33.9. The number of nitrogens with zero attached hydrogens (tertiary/aromatic N) is 2. The average Bonchev–Trinajstić information content (AvgIpc) is 3.41. The van der Waals surface area contributed by atoms with Crippen molar-refractivity contribution in [2.24, 2.45) is 0 Å². The number of cyclic esters (lactones) is 1. The number of benzene rings is 2. The molecule has 0 radical (unpaired) electrons. The van der Waals surface area contributed by atoms with E-state index in [9.17, 15) is 14.9 Å². The molecule has 2 aromatic rings. The van der Waals surface area contributed by atoms with Crippen molar-refractivity contribution in [1.29, 1.82) is 0 Å². The Labute approximate surface area is 202 Å². The van der Waals surface area contributed by atoms with Crippen molar-refractivity contribution in [3.8, 4) is 28.7 Å². The van der Waals surface area contributed by atoms with Crippen LogP contribution in [-0.4, -0.2) is 57.5 Å². The standard InChI is InChI=1S/C22H21BrN2O9/c1-24-6-5-9-7-10-17(33-8-32-10)19(29-2)11(9)15(24)18-12-13(22(26)34-18)16(25(27)28)21(31-4)20(30-3)14(12)23/h7,15,18H,5-6,8H2,1-4H3. The first-order valence-corrected chi connectivity index (χ1v) is 11.2. The van der Waals surface area contributed by atoms with E-state index in [-0.39, 0.29) is 23.9 Å². The van der Waals surface area contributed by atoms with Crippen molar-refractivity contribution in [2.75, 3.05) is 41.7 Å². The molecule has 0 aliphatic carbocycles. The molecule has 2 aromatic carbocycles. The van der Waals surface area contributed by atoms with Crippen LogP contribution in [0.5, 0.6) is 28.7 Å². The highest BCUT2D eigenvalue weighted by Crippen LogP contribution is 2.58. The van der Waals surface area contributed by atoms with E-state index in [0.717, 1.165) is 11.1 Å². The first kappa shape index (κ1) is 22.5. The molecule has 2 atom stereocenters. The second kappa shape index (κ2) is 8.20. The maximum atomic E-state index is 13.1. The molecule has 12 heteroatoms. The van der Waals surface area contributed by atoms with E-state index in [1.54, 1.807) is 0 Å². The molecule has 3 heterocycles. The van der Waals surface area contributed by atoms with Crippen LogP contribution in [-0.2, 0) is 11.2 Å². The van der Waals surface area contributed by atoms with Gasteiger partial charge in [0.2, 0.25) is 18.3 Å². The molecule has 0 amide bonds. The van der Waals surface area contributed by atoms with E-state index < -0.39 is 28.7 Å². The highest BCUT2D eigenvalue weighted by molar-refractivity contribution is 9.10. The largest absolute Gasteiger partial charge is 0.492 e. The fraction of sp³-hybridized carbons (Fsp3) is 0.409. The smallest absolute Gasteiger partial charge is 0.346 e. The predicted molar refractivity (Wildman–Crippen MR) is 120 cm³/mol. The Morgan fingerprint density at radius 1 is 1.12 bits per heavy atom. The summed E-state index contributed by atoms with van der Waals surface area (Å²) >= 11 is 3.49. The first-order valence-electron chi connectivity index (χ1n) is 10.4. The van der Waals surface area contributed by atoms with Gasteiger partial charge in [0, 0.05) is 17.7 Å². The average molecular weight is 537 g/mol. The zero-order chi connectivity index (χ0) is 24.3. The van der Waals surface area contributed by atoms with Crippen molar-refractivity contribution in [2.45, 2.75) is 18.6 Å². The van der Waals surface area contributed by atoms with Crippen LogP contribution in [0.1, 0.15) is 39.2 Å². The lowest BCUT2D eigenvalue weighted by Crippen LogP contribution is -2.36. The van der Waals surface area contributed by atoms with Crippen LogP contribution in [0, 0.1) is 10.1 Å². The maximum Gasteiger partial charge on any atom is 0.346 e. The highest BCUT2D eigenvalue weighted by atomic mass is 79.9. The number of hydrogen-bond acceptors (Lipinski definition) is 10. The van der Waals surface area contributed by atoms with Gasteiger partial charge in [-0.25, -0.2) is 4.79 Å². The Morgan fingerprint density at radius 3 is 2.47 bits per heavy atom. The van der Waals surface area contributed by atoms with E-state index in [2.05, 4.69) is 15.9 Å². The number of likely N-dealkylation sites (N-methyl/N-ethyl adjacent to an activating group) is 1. The topological polar surface area (TPSA) is 119 Å². The minimum Gasteiger partial charge on any atom is -0.492 e. The van der Waals surface area contributed by atoms with Gasteiger partial charge in [-0.2, -0.15) is 0 Å². The van der Waals surface area contributed by atoms with Gasteiger partial charge in [-0.05, 0) is 41.0 Å². The van der Waals surface area contributed by atoms with Crippen LogP contribution in [0.25, 0.3) is 0 Å². The third kappa shape index (κ3) is 3.01. The number of carbonyl (C=O) groups is 1. The normalized spacial score (nSPS) is 20.4. The number of methoxy groups -OCH3 is 3.